The molecule has 0 unspecified atom stereocenters. The Bertz CT molecular complexity index is 579. The van der Waals surface area contributed by atoms with Crippen LogP contribution in [0, 0.1) is 0 Å². The number of hydrogen-bond acceptors (Lipinski definition) is 5. The van der Waals surface area contributed by atoms with Crippen LogP contribution in [0.5, 0.6) is 0 Å². The summed E-state index contributed by atoms with van der Waals surface area (Å²) in [5, 5.41) is 4.54. The molecule has 0 saturated carbocycles. The van der Waals surface area contributed by atoms with Gasteiger partial charge in [-0.05, 0) is 25.0 Å². The van der Waals surface area contributed by atoms with Gasteiger partial charge in [-0.1, -0.05) is 22.8 Å². The van der Waals surface area contributed by atoms with Crippen LogP contribution in [-0.4, -0.2) is 23.4 Å². The lowest BCUT2D eigenvalue weighted by Crippen LogP contribution is -2.15. The van der Waals surface area contributed by atoms with E-state index in [2.05, 4.69) is 10.1 Å². The number of anilines is 1. The van der Waals surface area contributed by atoms with Crippen molar-refractivity contribution in [1.29, 1.82) is 0 Å². The number of aromatic nitrogens is 2. The molecule has 19 heavy (non-hydrogen) atoms. The van der Waals surface area contributed by atoms with E-state index in [0.717, 1.165) is 31.9 Å². The van der Waals surface area contributed by atoms with Gasteiger partial charge in [-0.25, -0.2) is 0 Å². The molecule has 0 bridgehead atoms. The van der Waals surface area contributed by atoms with Gasteiger partial charge < -0.3 is 15.0 Å². The van der Waals surface area contributed by atoms with Gasteiger partial charge >= 0.3 is 0 Å². The van der Waals surface area contributed by atoms with Gasteiger partial charge in [-0.2, -0.15) is 4.98 Å². The Morgan fingerprint density at radius 3 is 2.84 bits per heavy atom. The van der Waals surface area contributed by atoms with Crippen molar-refractivity contribution < 1.29 is 9.26 Å². The van der Waals surface area contributed by atoms with Crippen LogP contribution in [0.3, 0.4) is 0 Å². The van der Waals surface area contributed by atoms with Gasteiger partial charge in [0.25, 0.3) is 5.89 Å². The molecule has 2 heterocycles. The molecule has 1 aromatic carbocycles. The van der Waals surface area contributed by atoms with Crippen molar-refractivity contribution in [3.05, 3.63) is 29.0 Å². The van der Waals surface area contributed by atoms with Gasteiger partial charge in [0.05, 0.1) is 16.3 Å². The maximum Gasteiger partial charge on any atom is 0.260 e. The highest BCUT2D eigenvalue weighted by atomic mass is 35.5. The number of halogens is 1. The Kier molecular flexibility index (Phi) is 3.40. The molecule has 2 aromatic rings. The molecule has 5 nitrogen and oxygen atoms in total. The predicted octanol–water partition coefficient (Wildman–Crippen LogP) is 2.87. The van der Waals surface area contributed by atoms with Crippen molar-refractivity contribution in [3.8, 4) is 11.5 Å². The first-order valence-electron chi connectivity index (χ1n) is 6.21. The Morgan fingerprint density at radius 2 is 2.05 bits per heavy atom. The zero-order valence-electron chi connectivity index (χ0n) is 10.3. The van der Waals surface area contributed by atoms with Crippen LogP contribution >= 0.6 is 11.6 Å². The minimum absolute atomic E-state index is 0.298. The molecule has 6 heteroatoms. The number of nitrogen functional groups attached to an aromatic ring is 1. The van der Waals surface area contributed by atoms with Crippen LogP contribution in [0.1, 0.15) is 24.6 Å². The number of ether oxygens (including phenoxy) is 1. The molecular weight excluding hydrogens is 266 g/mol. The van der Waals surface area contributed by atoms with E-state index in [4.69, 9.17) is 26.6 Å². The third kappa shape index (κ3) is 2.43. The molecule has 1 aliphatic rings. The summed E-state index contributed by atoms with van der Waals surface area (Å²) in [6, 6.07) is 5.37. The number of benzene rings is 1. The van der Waals surface area contributed by atoms with E-state index in [1.165, 1.54) is 0 Å². The predicted molar refractivity (Wildman–Crippen MR) is 72.0 cm³/mol. The van der Waals surface area contributed by atoms with E-state index in [9.17, 15) is 0 Å². The molecule has 0 atom stereocenters. The second kappa shape index (κ2) is 5.19. The maximum absolute atomic E-state index is 5.99. The lowest BCUT2D eigenvalue weighted by atomic mass is 10.00. The molecule has 3 rings (SSSR count). The van der Waals surface area contributed by atoms with Crippen molar-refractivity contribution in [2.45, 2.75) is 18.8 Å². The molecule has 1 fully saturated rings. The van der Waals surface area contributed by atoms with Crippen molar-refractivity contribution >= 4 is 17.3 Å². The van der Waals surface area contributed by atoms with Crippen molar-refractivity contribution in [2.75, 3.05) is 18.9 Å². The average molecular weight is 280 g/mol. The van der Waals surface area contributed by atoms with Gasteiger partial charge in [0.1, 0.15) is 0 Å². The Labute approximate surface area is 115 Å². The minimum atomic E-state index is 0.298. The number of hydrogen-bond donors (Lipinski definition) is 1. The topological polar surface area (TPSA) is 74.2 Å². The summed E-state index contributed by atoms with van der Waals surface area (Å²) in [7, 11) is 0. The second-order valence-corrected chi connectivity index (χ2v) is 4.95. The number of rotatable bonds is 2. The fourth-order valence-corrected chi connectivity index (χ4v) is 2.36. The highest BCUT2D eigenvalue weighted by molar-refractivity contribution is 6.33. The SMILES string of the molecule is Nc1c(Cl)cccc1-c1nc(C2CCOCC2)no1. The molecular formula is C13H14ClN3O2. The van der Waals surface area contributed by atoms with Gasteiger partial charge in [-0.15, -0.1) is 0 Å². The largest absolute Gasteiger partial charge is 0.397 e. The standard InChI is InChI=1S/C13H14ClN3O2/c14-10-3-1-2-9(11(10)15)13-16-12(17-19-13)8-4-6-18-7-5-8/h1-3,8H,4-7,15H2. The Hall–Kier alpha value is -1.59. The molecule has 0 aliphatic carbocycles. The van der Waals surface area contributed by atoms with E-state index in [-0.39, 0.29) is 0 Å². The first-order chi connectivity index (χ1) is 9.25. The summed E-state index contributed by atoms with van der Waals surface area (Å²) in [6.45, 7) is 1.49. The van der Waals surface area contributed by atoms with E-state index >= 15 is 0 Å². The summed E-state index contributed by atoms with van der Waals surface area (Å²) in [5.41, 5.74) is 7.07. The monoisotopic (exact) mass is 279 g/mol. The summed E-state index contributed by atoms with van der Waals surface area (Å²) in [5.74, 6) is 1.44. The third-order valence-electron chi connectivity index (χ3n) is 3.31. The van der Waals surface area contributed by atoms with E-state index < -0.39 is 0 Å². The molecule has 2 N–H and O–H groups in total. The highest BCUT2D eigenvalue weighted by Crippen LogP contribution is 2.32. The van der Waals surface area contributed by atoms with Crippen LogP contribution < -0.4 is 5.73 Å². The zero-order chi connectivity index (χ0) is 13.2. The molecule has 100 valence electrons. The van der Waals surface area contributed by atoms with Gasteiger partial charge in [0.15, 0.2) is 5.82 Å². The first-order valence-corrected chi connectivity index (χ1v) is 6.59. The van der Waals surface area contributed by atoms with Gasteiger partial charge in [0.2, 0.25) is 0 Å². The minimum Gasteiger partial charge on any atom is -0.397 e. The molecule has 1 saturated heterocycles. The van der Waals surface area contributed by atoms with Crippen molar-refractivity contribution in [3.63, 3.8) is 0 Å². The molecule has 1 aromatic heterocycles. The molecule has 0 spiro atoms. The van der Waals surface area contributed by atoms with Crippen LogP contribution in [0.2, 0.25) is 5.02 Å². The molecule has 0 amide bonds. The van der Waals surface area contributed by atoms with E-state index in [1.54, 1.807) is 6.07 Å². The highest BCUT2D eigenvalue weighted by Gasteiger charge is 2.22. The summed E-state index contributed by atoms with van der Waals surface area (Å²) < 4.78 is 10.6. The normalized spacial score (nSPS) is 16.7. The maximum atomic E-state index is 5.99. The lowest BCUT2D eigenvalue weighted by molar-refractivity contribution is 0.0830. The number of nitrogens with zero attached hydrogens (tertiary/aromatic N) is 2. The summed E-state index contributed by atoms with van der Waals surface area (Å²) in [4.78, 5) is 4.43. The fraction of sp³-hybridized carbons (Fsp3) is 0.385. The van der Waals surface area contributed by atoms with Crippen LogP contribution in [0.25, 0.3) is 11.5 Å². The van der Waals surface area contributed by atoms with Crippen molar-refractivity contribution in [1.82, 2.24) is 10.1 Å². The smallest absolute Gasteiger partial charge is 0.260 e. The van der Waals surface area contributed by atoms with E-state index in [0.29, 0.717) is 28.1 Å². The molecule has 1 aliphatic heterocycles. The average Bonchev–Trinajstić information content (AvgIpc) is 2.92. The fourth-order valence-electron chi connectivity index (χ4n) is 2.19. The Morgan fingerprint density at radius 1 is 1.26 bits per heavy atom. The van der Waals surface area contributed by atoms with Crippen LogP contribution in [0.4, 0.5) is 5.69 Å². The van der Waals surface area contributed by atoms with Crippen LogP contribution in [-0.2, 0) is 4.74 Å². The summed E-state index contributed by atoms with van der Waals surface area (Å²) >= 11 is 5.99. The van der Waals surface area contributed by atoms with Crippen LogP contribution in [0.15, 0.2) is 22.7 Å². The number of para-hydroxylation sites is 1. The van der Waals surface area contributed by atoms with Crippen molar-refractivity contribution in [2.24, 2.45) is 0 Å². The van der Waals surface area contributed by atoms with Gasteiger partial charge in [-0.3, -0.25) is 0 Å². The quantitative estimate of drug-likeness (QED) is 0.856. The summed E-state index contributed by atoms with van der Waals surface area (Å²) in [6.07, 6.45) is 1.84. The lowest BCUT2D eigenvalue weighted by Gasteiger charge is -2.18. The third-order valence-corrected chi connectivity index (χ3v) is 3.64. The van der Waals surface area contributed by atoms with Gasteiger partial charge in [0, 0.05) is 19.1 Å². The molecule has 0 radical (unpaired) electrons. The first kappa shape index (κ1) is 12.4. The second-order valence-electron chi connectivity index (χ2n) is 4.55. The van der Waals surface area contributed by atoms with E-state index in [1.807, 2.05) is 12.1 Å². The zero-order valence-corrected chi connectivity index (χ0v) is 11.1. The Balaban J connectivity index is 1.90. The number of nitrogens with two attached hydrogens (primary N) is 1.